The third-order valence-corrected chi connectivity index (χ3v) is 6.18. The van der Waals surface area contributed by atoms with Crippen LogP contribution in [0.25, 0.3) is 11.4 Å². The Hall–Kier alpha value is -3.43. The molecular formula is C25H27ClN4O5. The van der Waals surface area contributed by atoms with E-state index in [1.807, 2.05) is 24.3 Å². The molecule has 10 heteroatoms. The van der Waals surface area contributed by atoms with E-state index in [-0.39, 0.29) is 29.0 Å². The fourth-order valence-electron chi connectivity index (χ4n) is 3.93. The molecule has 4 rings (SSSR count). The molecule has 0 atom stereocenters. The maximum atomic E-state index is 12.8. The number of carbonyl (C=O) groups excluding carboxylic acids is 2. The average molecular weight is 499 g/mol. The molecule has 35 heavy (non-hydrogen) atoms. The first-order chi connectivity index (χ1) is 17.0. The van der Waals surface area contributed by atoms with Crippen LogP contribution in [0.1, 0.15) is 36.0 Å². The van der Waals surface area contributed by atoms with Crippen LogP contribution < -0.4 is 10.1 Å². The van der Waals surface area contributed by atoms with Crippen molar-refractivity contribution < 1.29 is 23.6 Å². The molecule has 1 amide bonds. The van der Waals surface area contributed by atoms with Crippen LogP contribution in [0.5, 0.6) is 5.75 Å². The molecule has 2 heterocycles. The van der Waals surface area contributed by atoms with Crippen LogP contribution in [-0.4, -0.2) is 53.7 Å². The predicted molar refractivity (Wildman–Crippen MR) is 130 cm³/mol. The Balaban J connectivity index is 1.27. The Morgan fingerprint density at radius 2 is 1.91 bits per heavy atom. The first kappa shape index (κ1) is 24.7. The Labute approximate surface area is 208 Å². The lowest BCUT2D eigenvalue weighted by Gasteiger charge is -2.30. The molecule has 1 aliphatic heterocycles. The quantitative estimate of drug-likeness (QED) is 0.455. The zero-order valence-electron chi connectivity index (χ0n) is 19.6. The van der Waals surface area contributed by atoms with Crippen molar-refractivity contribution in [3.63, 3.8) is 0 Å². The maximum absolute atomic E-state index is 12.8. The Bertz CT molecular complexity index is 1170. The number of anilines is 1. The molecule has 1 aliphatic rings. The zero-order chi connectivity index (χ0) is 24.8. The lowest BCUT2D eigenvalue weighted by atomic mass is 9.96. The van der Waals surface area contributed by atoms with Gasteiger partial charge in [0.15, 0.2) is 0 Å². The number of likely N-dealkylation sites (tertiary alicyclic amines) is 1. The number of esters is 1. The van der Waals surface area contributed by atoms with Crippen LogP contribution >= 0.6 is 11.6 Å². The third-order valence-electron chi connectivity index (χ3n) is 5.87. The van der Waals surface area contributed by atoms with Gasteiger partial charge in [0.2, 0.25) is 17.6 Å². The fourth-order valence-corrected chi connectivity index (χ4v) is 4.19. The summed E-state index contributed by atoms with van der Waals surface area (Å²) in [5.41, 5.74) is 1.68. The van der Waals surface area contributed by atoms with E-state index in [4.69, 9.17) is 25.6 Å². The number of hydrogen-bond acceptors (Lipinski definition) is 8. The number of nitrogens with one attached hydrogen (secondary N) is 1. The molecule has 0 aliphatic carbocycles. The van der Waals surface area contributed by atoms with Gasteiger partial charge in [0.25, 0.3) is 0 Å². The highest BCUT2D eigenvalue weighted by molar-refractivity contribution is 6.34. The first-order valence-electron chi connectivity index (χ1n) is 11.4. The van der Waals surface area contributed by atoms with Crippen LogP contribution in [0.2, 0.25) is 5.02 Å². The summed E-state index contributed by atoms with van der Waals surface area (Å²) < 4.78 is 15.6. The van der Waals surface area contributed by atoms with Gasteiger partial charge < -0.3 is 19.3 Å². The number of ether oxygens (including phenoxy) is 2. The standard InChI is InChI=1S/C25H27ClN4O5/c1-3-34-25(32)20-9-6-18(14-21(20)26)27-24(31)17-10-12-30(13-11-17)15-22-28-23(29-35-22)16-4-7-19(33-2)8-5-16/h4-9,14,17H,3,10-13,15H2,1-2H3,(H,27,31). The molecule has 1 aromatic heterocycles. The highest BCUT2D eigenvalue weighted by atomic mass is 35.5. The van der Waals surface area contributed by atoms with Gasteiger partial charge in [-0.15, -0.1) is 0 Å². The van der Waals surface area contributed by atoms with E-state index >= 15 is 0 Å². The molecule has 0 radical (unpaired) electrons. The van der Waals surface area contributed by atoms with Crippen LogP contribution in [0.15, 0.2) is 47.0 Å². The maximum Gasteiger partial charge on any atom is 0.339 e. The molecule has 1 saturated heterocycles. The molecule has 0 spiro atoms. The number of rotatable bonds is 8. The number of aromatic nitrogens is 2. The van der Waals surface area contributed by atoms with Crippen LogP contribution in [0.4, 0.5) is 5.69 Å². The van der Waals surface area contributed by atoms with Gasteiger partial charge in [-0.1, -0.05) is 16.8 Å². The second kappa shape index (κ2) is 11.3. The summed E-state index contributed by atoms with van der Waals surface area (Å²) in [5.74, 6) is 1.16. The van der Waals surface area contributed by atoms with Crippen molar-refractivity contribution in [3.05, 3.63) is 58.9 Å². The lowest BCUT2D eigenvalue weighted by Crippen LogP contribution is -2.37. The Kier molecular flexibility index (Phi) is 7.99. The summed E-state index contributed by atoms with van der Waals surface area (Å²) >= 11 is 6.20. The highest BCUT2D eigenvalue weighted by Crippen LogP contribution is 2.25. The molecule has 0 saturated carbocycles. The van der Waals surface area contributed by atoms with Crippen molar-refractivity contribution >= 4 is 29.2 Å². The van der Waals surface area contributed by atoms with Crippen molar-refractivity contribution in [2.45, 2.75) is 26.3 Å². The van der Waals surface area contributed by atoms with Gasteiger partial charge in [-0.25, -0.2) is 4.79 Å². The van der Waals surface area contributed by atoms with Gasteiger partial charge >= 0.3 is 5.97 Å². The number of amides is 1. The molecule has 1 fully saturated rings. The van der Waals surface area contributed by atoms with E-state index in [2.05, 4.69) is 20.4 Å². The summed E-state index contributed by atoms with van der Waals surface area (Å²) in [6.45, 7) is 4.00. The summed E-state index contributed by atoms with van der Waals surface area (Å²) in [4.78, 5) is 31.3. The molecule has 0 unspecified atom stereocenters. The number of nitrogens with zero attached hydrogens (tertiary/aromatic N) is 3. The highest BCUT2D eigenvalue weighted by Gasteiger charge is 2.26. The van der Waals surface area contributed by atoms with E-state index in [0.29, 0.717) is 36.8 Å². The van der Waals surface area contributed by atoms with Gasteiger partial charge in [-0.3, -0.25) is 9.69 Å². The van der Waals surface area contributed by atoms with E-state index in [1.54, 1.807) is 32.2 Å². The van der Waals surface area contributed by atoms with Crippen molar-refractivity contribution in [2.24, 2.45) is 5.92 Å². The first-order valence-corrected chi connectivity index (χ1v) is 11.8. The van der Waals surface area contributed by atoms with E-state index in [0.717, 1.165) is 24.4 Å². The third kappa shape index (κ3) is 6.17. The van der Waals surface area contributed by atoms with Crippen LogP contribution in [0, 0.1) is 5.92 Å². The van der Waals surface area contributed by atoms with E-state index in [9.17, 15) is 9.59 Å². The summed E-state index contributed by atoms with van der Waals surface area (Å²) in [7, 11) is 1.62. The SMILES string of the molecule is CCOC(=O)c1ccc(NC(=O)C2CCN(Cc3nc(-c4ccc(OC)cc4)no3)CC2)cc1Cl. The minimum Gasteiger partial charge on any atom is -0.497 e. The number of methoxy groups -OCH3 is 1. The minimum atomic E-state index is -0.486. The Morgan fingerprint density at radius 1 is 1.17 bits per heavy atom. The topological polar surface area (TPSA) is 107 Å². The van der Waals surface area contributed by atoms with Crippen molar-refractivity contribution in [2.75, 3.05) is 32.1 Å². The lowest BCUT2D eigenvalue weighted by molar-refractivity contribution is -0.121. The van der Waals surface area contributed by atoms with Crippen molar-refractivity contribution in [3.8, 4) is 17.1 Å². The monoisotopic (exact) mass is 498 g/mol. The second-order valence-corrected chi connectivity index (χ2v) is 8.60. The number of piperidine rings is 1. The molecule has 9 nitrogen and oxygen atoms in total. The van der Waals surface area contributed by atoms with E-state index < -0.39 is 5.97 Å². The normalized spacial score (nSPS) is 14.5. The number of hydrogen-bond donors (Lipinski definition) is 1. The van der Waals surface area contributed by atoms with Gasteiger partial charge in [-0.2, -0.15) is 4.98 Å². The molecule has 0 bridgehead atoms. The molecule has 184 valence electrons. The zero-order valence-corrected chi connectivity index (χ0v) is 20.4. The summed E-state index contributed by atoms with van der Waals surface area (Å²) in [6, 6.07) is 12.2. The number of benzene rings is 2. The smallest absolute Gasteiger partial charge is 0.339 e. The van der Waals surface area contributed by atoms with Crippen LogP contribution in [0.3, 0.4) is 0 Å². The molecule has 2 aromatic carbocycles. The second-order valence-electron chi connectivity index (χ2n) is 8.19. The molecule has 3 aromatic rings. The molecular weight excluding hydrogens is 472 g/mol. The average Bonchev–Trinajstić information content (AvgIpc) is 3.33. The molecule has 1 N–H and O–H groups in total. The van der Waals surface area contributed by atoms with Gasteiger partial charge in [-0.05, 0) is 75.3 Å². The van der Waals surface area contributed by atoms with Gasteiger partial charge in [0, 0.05) is 17.2 Å². The van der Waals surface area contributed by atoms with Gasteiger partial charge in [0.05, 0.1) is 30.8 Å². The van der Waals surface area contributed by atoms with Crippen molar-refractivity contribution in [1.82, 2.24) is 15.0 Å². The number of halogens is 1. The fraction of sp³-hybridized carbons (Fsp3) is 0.360. The van der Waals surface area contributed by atoms with Gasteiger partial charge in [0.1, 0.15) is 5.75 Å². The number of carbonyl (C=O) groups is 2. The summed E-state index contributed by atoms with van der Waals surface area (Å²) in [5, 5.41) is 7.22. The van der Waals surface area contributed by atoms with Crippen LogP contribution in [-0.2, 0) is 16.1 Å². The van der Waals surface area contributed by atoms with E-state index in [1.165, 1.54) is 0 Å². The summed E-state index contributed by atoms with van der Waals surface area (Å²) in [6.07, 6.45) is 1.42. The Morgan fingerprint density at radius 3 is 2.57 bits per heavy atom. The minimum absolute atomic E-state index is 0.0656. The predicted octanol–water partition coefficient (Wildman–Crippen LogP) is 4.43. The largest absolute Gasteiger partial charge is 0.497 e. The van der Waals surface area contributed by atoms with Crippen molar-refractivity contribution in [1.29, 1.82) is 0 Å².